The van der Waals surface area contributed by atoms with Crippen molar-refractivity contribution >= 4 is 5.69 Å². The molecule has 0 atom stereocenters. The lowest BCUT2D eigenvalue weighted by Gasteiger charge is -2.16. The zero-order valence-corrected chi connectivity index (χ0v) is 12.3. The number of benzene rings is 2. The summed E-state index contributed by atoms with van der Waals surface area (Å²) in [7, 11) is 0. The van der Waals surface area contributed by atoms with Crippen LogP contribution in [-0.2, 0) is 19.4 Å². The molecular formula is C18H18FN3. The monoisotopic (exact) mass is 295 g/mol. The maximum atomic E-state index is 13.8. The minimum atomic E-state index is -0.225. The van der Waals surface area contributed by atoms with E-state index in [9.17, 15) is 9.65 Å². The molecular weight excluding hydrogens is 277 g/mol. The van der Waals surface area contributed by atoms with Crippen LogP contribution in [0.1, 0.15) is 22.3 Å². The normalized spacial score (nSPS) is 13.8. The molecule has 112 valence electrons. The van der Waals surface area contributed by atoms with Gasteiger partial charge in [-0.15, -0.1) is 0 Å². The second-order valence-corrected chi connectivity index (χ2v) is 5.43. The topological polar surface area (TPSA) is 47.9 Å². The summed E-state index contributed by atoms with van der Waals surface area (Å²) in [5.41, 5.74) is 4.53. The van der Waals surface area contributed by atoms with Gasteiger partial charge in [-0.05, 0) is 49.2 Å². The highest BCUT2D eigenvalue weighted by molar-refractivity contribution is 5.65. The molecule has 4 heteroatoms. The third kappa shape index (κ3) is 2.95. The van der Waals surface area contributed by atoms with Gasteiger partial charge in [0.25, 0.3) is 0 Å². The highest BCUT2D eigenvalue weighted by Crippen LogP contribution is 2.27. The minimum absolute atomic E-state index is 0.225. The molecule has 0 aliphatic carbocycles. The van der Waals surface area contributed by atoms with Crippen LogP contribution < -0.4 is 10.6 Å². The fourth-order valence-electron chi connectivity index (χ4n) is 2.89. The average Bonchev–Trinajstić information content (AvgIpc) is 2.79. The summed E-state index contributed by atoms with van der Waals surface area (Å²) in [6.45, 7) is 2.23. The first-order valence-corrected chi connectivity index (χ1v) is 7.52. The van der Waals surface area contributed by atoms with E-state index in [1.807, 2.05) is 18.2 Å². The number of hydrogen-bond donors (Lipinski definition) is 2. The first-order valence-electron chi connectivity index (χ1n) is 7.52. The van der Waals surface area contributed by atoms with E-state index in [-0.39, 0.29) is 5.82 Å². The van der Waals surface area contributed by atoms with Crippen LogP contribution in [0.5, 0.6) is 0 Å². The number of nitriles is 1. The van der Waals surface area contributed by atoms with Crippen molar-refractivity contribution in [3.8, 4) is 6.07 Å². The van der Waals surface area contributed by atoms with Gasteiger partial charge >= 0.3 is 0 Å². The molecule has 3 nitrogen and oxygen atoms in total. The van der Waals surface area contributed by atoms with E-state index >= 15 is 0 Å². The molecule has 3 rings (SSSR count). The van der Waals surface area contributed by atoms with Crippen molar-refractivity contribution in [2.45, 2.75) is 19.4 Å². The van der Waals surface area contributed by atoms with Crippen LogP contribution in [0, 0.1) is 17.1 Å². The van der Waals surface area contributed by atoms with Gasteiger partial charge in [-0.3, -0.25) is 0 Å². The molecule has 0 saturated carbocycles. The Morgan fingerprint density at radius 2 is 1.95 bits per heavy atom. The van der Waals surface area contributed by atoms with E-state index in [1.165, 1.54) is 17.2 Å². The molecule has 2 aromatic rings. The van der Waals surface area contributed by atoms with Crippen LogP contribution in [0.25, 0.3) is 0 Å². The quantitative estimate of drug-likeness (QED) is 0.915. The van der Waals surface area contributed by atoms with Crippen LogP contribution in [-0.4, -0.2) is 13.1 Å². The molecule has 0 fully saturated rings. The Morgan fingerprint density at radius 3 is 2.77 bits per heavy atom. The van der Waals surface area contributed by atoms with Gasteiger partial charge in [-0.1, -0.05) is 24.3 Å². The van der Waals surface area contributed by atoms with Crippen molar-refractivity contribution in [3.05, 3.63) is 64.5 Å². The second-order valence-electron chi connectivity index (χ2n) is 5.43. The Balaban J connectivity index is 1.92. The largest absolute Gasteiger partial charge is 0.380 e. The number of fused-ring (bicyclic) bond motifs is 1. The summed E-state index contributed by atoms with van der Waals surface area (Å²) < 4.78 is 13.8. The zero-order chi connectivity index (χ0) is 15.4. The molecule has 1 aliphatic rings. The molecule has 0 saturated heterocycles. The average molecular weight is 295 g/mol. The summed E-state index contributed by atoms with van der Waals surface area (Å²) in [5, 5.41) is 16.0. The van der Waals surface area contributed by atoms with E-state index in [0.717, 1.165) is 31.6 Å². The molecule has 0 radical (unpaired) electrons. The maximum Gasteiger partial charge on any atom is 0.128 e. The fourth-order valence-corrected chi connectivity index (χ4v) is 2.89. The second kappa shape index (κ2) is 6.59. The van der Waals surface area contributed by atoms with E-state index in [2.05, 4.69) is 16.7 Å². The minimum Gasteiger partial charge on any atom is -0.380 e. The molecule has 1 aliphatic heterocycles. The molecule has 2 aromatic carbocycles. The van der Waals surface area contributed by atoms with E-state index in [1.54, 1.807) is 12.1 Å². The number of nitrogens with zero attached hydrogens (tertiary/aromatic N) is 1. The lowest BCUT2D eigenvalue weighted by atomic mass is 9.97. The molecule has 1 heterocycles. The molecule has 0 unspecified atom stereocenters. The van der Waals surface area contributed by atoms with E-state index in [0.29, 0.717) is 17.7 Å². The van der Waals surface area contributed by atoms with Gasteiger partial charge in [0.1, 0.15) is 11.9 Å². The van der Waals surface area contributed by atoms with Gasteiger partial charge in [0, 0.05) is 12.1 Å². The predicted molar refractivity (Wildman–Crippen MR) is 85.2 cm³/mol. The Bertz CT molecular complexity index is 719. The third-order valence-corrected chi connectivity index (χ3v) is 4.07. The zero-order valence-electron chi connectivity index (χ0n) is 12.3. The highest BCUT2D eigenvalue weighted by atomic mass is 19.1. The van der Waals surface area contributed by atoms with Crippen LogP contribution in [0.4, 0.5) is 10.1 Å². The van der Waals surface area contributed by atoms with Crippen molar-refractivity contribution in [2.24, 2.45) is 0 Å². The molecule has 0 spiro atoms. The lowest BCUT2D eigenvalue weighted by molar-refractivity contribution is 0.613. The Labute approximate surface area is 129 Å². The first kappa shape index (κ1) is 14.6. The van der Waals surface area contributed by atoms with Crippen LogP contribution in [0.2, 0.25) is 0 Å². The van der Waals surface area contributed by atoms with Crippen molar-refractivity contribution < 1.29 is 4.39 Å². The molecule has 0 amide bonds. The molecule has 0 bridgehead atoms. The van der Waals surface area contributed by atoms with Crippen molar-refractivity contribution in [1.29, 1.82) is 5.26 Å². The SMILES string of the molecule is N#Cc1ccc2c(c1NCc1ccccc1F)CCNCC2. The van der Waals surface area contributed by atoms with Gasteiger partial charge in [0.2, 0.25) is 0 Å². The number of nitrogens with one attached hydrogen (secondary N) is 2. The highest BCUT2D eigenvalue weighted by Gasteiger charge is 2.15. The summed E-state index contributed by atoms with van der Waals surface area (Å²) in [6, 6.07) is 12.9. The Hall–Kier alpha value is -2.38. The molecule has 2 N–H and O–H groups in total. The standard InChI is InChI=1S/C18H18FN3/c19-17-4-2-1-3-15(17)12-22-18-14(11-20)6-5-13-7-9-21-10-8-16(13)18/h1-6,21-22H,7-10,12H2. The van der Waals surface area contributed by atoms with Crippen LogP contribution in [0.3, 0.4) is 0 Å². The van der Waals surface area contributed by atoms with Crippen molar-refractivity contribution in [2.75, 3.05) is 18.4 Å². The summed E-state index contributed by atoms with van der Waals surface area (Å²) in [6.07, 6.45) is 1.83. The number of hydrogen-bond acceptors (Lipinski definition) is 3. The van der Waals surface area contributed by atoms with Crippen molar-refractivity contribution in [3.63, 3.8) is 0 Å². The first-order chi connectivity index (χ1) is 10.8. The van der Waals surface area contributed by atoms with Gasteiger partial charge in [-0.25, -0.2) is 4.39 Å². The predicted octanol–water partition coefficient (Wildman–Crippen LogP) is 3.00. The summed E-state index contributed by atoms with van der Waals surface area (Å²) >= 11 is 0. The third-order valence-electron chi connectivity index (χ3n) is 4.07. The van der Waals surface area contributed by atoms with Gasteiger partial charge in [-0.2, -0.15) is 5.26 Å². The van der Waals surface area contributed by atoms with E-state index in [4.69, 9.17) is 0 Å². The molecule has 0 aromatic heterocycles. The van der Waals surface area contributed by atoms with Crippen LogP contribution in [0.15, 0.2) is 36.4 Å². The summed E-state index contributed by atoms with van der Waals surface area (Å²) in [5.74, 6) is -0.225. The number of rotatable bonds is 3. The Kier molecular flexibility index (Phi) is 4.36. The number of anilines is 1. The van der Waals surface area contributed by atoms with Crippen molar-refractivity contribution in [1.82, 2.24) is 5.32 Å². The maximum absolute atomic E-state index is 13.8. The van der Waals surface area contributed by atoms with Gasteiger partial charge < -0.3 is 10.6 Å². The van der Waals surface area contributed by atoms with Gasteiger partial charge in [0.15, 0.2) is 0 Å². The molecule has 22 heavy (non-hydrogen) atoms. The number of halogens is 1. The van der Waals surface area contributed by atoms with E-state index < -0.39 is 0 Å². The fraction of sp³-hybridized carbons (Fsp3) is 0.278. The lowest BCUT2D eigenvalue weighted by Crippen LogP contribution is -2.16. The smallest absolute Gasteiger partial charge is 0.128 e. The van der Waals surface area contributed by atoms with Crippen LogP contribution >= 0.6 is 0 Å². The van der Waals surface area contributed by atoms with Gasteiger partial charge in [0.05, 0.1) is 11.3 Å². The summed E-state index contributed by atoms with van der Waals surface area (Å²) in [4.78, 5) is 0. The Morgan fingerprint density at radius 1 is 1.14 bits per heavy atom.